The summed E-state index contributed by atoms with van der Waals surface area (Å²) in [7, 11) is 0. The zero-order valence-corrected chi connectivity index (χ0v) is 13.4. The van der Waals surface area contributed by atoms with Gasteiger partial charge in [0.05, 0.1) is 0 Å². The molecule has 0 nitrogen and oxygen atoms in total. The molecule has 0 radical (unpaired) electrons. The quantitative estimate of drug-likeness (QED) is 0.332. The van der Waals surface area contributed by atoms with Crippen molar-refractivity contribution in [1.82, 2.24) is 0 Å². The van der Waals surface area contributed by atoms with Gasteiger partial charge in [-0.2, -0.15) is 0 Å². The molecule has 0 fully saturated rings. The van der Waals surface area contributed by atoms with Gasteiger partial charge in [-0.1, -0.05) is 62.9 Å². The van der Waals surface area contributed by atoms with Crippen LogP contribution in [0.2, 0.25) is 0 Å². The molecule has 0 aliphatic rings. The first-order chi connectivity index (χ1) is 8.05. The minimum absolute atomic E-state index is 0.130. The Balaban J connectivity index is 2.63. The van der Waals surface area contributed by atoms with Crippen LogP contribution in [0.4, 0.5) is 0 Å². The molecular formula is C13H19Cl3Si. The lowest BCUT2D eigenvalue weighted by molar-refractivity contribution is 0.621. The fourth-order valence-electron chi connectivity index (χ4n) is 1.98. The highest BCUT2D eigenvalue weighted by molar-refractivity contribution is 7.65. The highest BCUT2D eigenvalue weighted by Gasteiger charge is 2.37. The van der Waals surface area contributed by atoms with Crippen LogP contribution in [0.25, 0.3) is 0 Å². The monoisotopic (exact) mass is 308 g/mol. The zero-order valence-electron chi connectivity index (χ0n) is 10.1. The van der Waals surface area contributed by atoms with E-state index in [4.69, 9.17) is 33.2 Å². The molecule has 0 saturated heterocycles. The van der Waals surface area contributed by atoms with Gasteiger partial charge in [0.15, 0.2) is 0 Å². The molecule has 1 rings (SSSR count). The van der Waals surface area contributed by atoms with E-state index in [1.54, 1.807) is 0 Å². The van der Waals surface area contributed by atoms with E-state index >= 15 is 0 Å². The van der Waals surface area contributed by atoms with E-state index in [2.05, 4.69) is 19.1 Å². The summed E-state index contributed by atoms with van der Waals surface area (Å²) >= 11 is 18.6. The molecule has 0 aliphatic heterocycles. The lowest BCUT2D eigenvalue weighted by Crippen LogP contribution is -2.23. The van der Waals surface area contributed by atoms with Crippen LogP contribution in [0, 0.1) is 0 Å². The average molecular weight is 310 g/mol. The Kier molecular flexibility index (Phi) is 6.94. The molecule has 0 bridgehead atoms. The number of rotatable bonds is 7. The molecule has 1 unspecified atom stereocenters. The van der Waals surface area contributed by atoms with Gasteiger partial charge in [-0.25, -0.2) is 0 Å². The van der Waals surface area contributed by atoms with Crippen LogP contribution in [0.3, 0.4) is 0 Å². The second-order valence-electron chi connectivity index (χ2n) is 4.35. The van der Waals surface area contributed by atoms with E-state index in [1.807, 2.05) is 18.2 Å². The second-order valence-corrected chi connectivity index (χ2v) is 13.2. The lowest BCUT2D eigenvalue weighted by Gasteiger charge is -2.22. The van der Waals surface area contributed by atoms with Crippen molar-refractivity contribution >= 4 is 39.2 Å². The van der Waals surface area contributed by atoms with Crippen LogP contribution in [0.1, 0.15) is 50.1 Å². The third-order valence-corrected chi connectivity index (χ3v) is 6.73. The van der Waals surface area contributed by atoms with Crippen molar-refractivity contribution in [3.63, 3.8) is 0 Å². The van der Waals surface area contributed by atoms with E-state index < -0.39 is 6.00 Å². The van der Waals surface area contributed by atoms with Crippen LogP contribution in [-0.2, 0) is 0 Å². The largest absolute Gasteiger partial charge is 0.348 e. The van der Waals surface area contributed by atoms with E-state index in [-0.39, 0.29) is 5.54 Å². The molecule has 17 heavy (non-hydrogen) atoms. The average Bonchev–Trinajstić information content (AvgIpc) is 2.28. The Morgan fingerprint density at radius 2 is 1.65 bits per heavy atom. The van der Waals surface area contributed by atoms with E-state index in [1.165, 1.54) is 24.8 Å². The highest BCUT2D eigenvalue weighted by Crippen LogP contribution is 2.40. The minimum atomic E-state index is -2.67. The Bertz CT molecular complexity index is 308. The van der Waals surface area contributed by atoms with Gasteiger partial charge < -0.3 is 0 Å². The predicted molar refractivity (Wildman–Crippen MR) is 81.3 cm³/mol. The number of hydrogen-bond acceptors (Lipinski definition) is 0. The van der Waals surface area contributed by atoms with Crippen LogP contribution in [0.15, 0.2) is 30.3 Å². The normalized spacial score (nSPS) is 13.6. The molecule has 1 aromatic rings. The van der Waals surface area contributed by atoms with E-state index in [0.717, 1.165) is 12.8 Å². The highest BCUT2D eigenvalue weighted by atomic mass is 35.8. The van der Waals surface area contributed by atoms with Crippen molar-refractivity contribution in [3.05, 3.63) is 35.9 Å². The van der Waals surface area contributed by atoms with Crippen molar-refractivity contribution in [1.29, 1.82) is 0 Å². The van der Waals surface area contributed by atoms with Gasteiger partial charge in [0.2, 0.25) is 0 Å². The molecule has 0 heterocycles. The second kappa shape index (κ2) is 7.68. The van der Waals surface area contributed by atoms with Crippen LogP contribution in [-0.4, -0.2) is 6.00 Å². The Morgan fingerprint density at radius 3 is 2.18 bits per heavy atom. The molecule has 4 heteroatoms. The van der Waals surface area contributed by atoms with Crippen LogP contribution in [0.5, 0.6) is 0 Å². The van der Waals surface area contributed by atoms with Crippen LogP contribution >= 0.6 is 33.2 Å². The van der Waals surface area contributed by atoms with Crippen molar-refractivity contribution in [3.8, 4) is 0 Å². The minimum Gasteiger partial charge on any atom is -0.125 e. The maximum absolute atomic E-state index is 6.22. The summed E-state index contributed by atoms with van der Waals surface area (Å²) in [5.41, 5.74) is 1.31. The fraction of sp³-hybridized carbons (Fsp3) is 0.538. The molecule has 0 aliphatic carbocycles. The number of unbranched alkanes of at least 4 members (excludes halogenated alkanes) is 3. The third kappa shape index (κ3) is 5.65. The first kappa shape index (κ1) is 15.4. The SMILES string of the molecule is CCCCCCC(c1ccccc1)[Si](Cl)(Cl)Cl. The summed E-state index contributed by atoms with van der Waals surface area (Å²) in [6, 6.07) is 7.49. The molecular weight excluding hydrogens is 291 g/mol. The zero-order chi connectivity index (χ0) is 12.7. The summed E-state index contributed by atoms with van der Waals surface area (Å²) in [5, 5.41) is 0. The van der Waals surface area contributed by atoms with E-state index in [9.17, 15) is 0 Å². The first-order valence-corrected chi connectivity index (χ1v) is 11.3. The Labute approximate surface area is 119 Å². The fourth-order valence-corrected chi connectivity index (χ4v) is 5.20. The smallest absolute Gasteiger partial charge is 0.125 e. The molecule has 0 saturated carbocycles. The number of benzene rings is 1. The first-order valence-electron chi connectivity index (χ1n) is 6.17. The van der Waals surface area contributed by atoms with Gasteiger partial charge >= 0.3 is 6.00 Å². The van der Waals surface area contributed by atoms with Gasteiger partial charge in [-0.15, -0.1) is 33.2 Å². The third-order valence-electron chi connectivity index (χ3n) is 2.94. The van der Waals surface area contributed by atoms with Gasteiger partial charge in [-0.05, 0) is 12.0 Å². The molecule has 0 amide bonds. The van der Waals surface area contributed by atoms with Crippen LogP contribution < -0.4 is 0 Å². The maximum Gasteiger partial charge on any atom is 0.348 e. The number of hydrogen-bond donors (Lipinski definition) is 0. The van der Waals surface area contributed by atoms with Gasteiger partial charge in [-0.3, -0.25) is 0 Å². The summed E-state index contributed by atoms with van der Waals surface area (Å²) in [5.74, 6) is 0. The van der Waals surface area contributed by atoms with Gasteiger partial charge in [0.25, 0.3) is 0 Å². The van der Waals surface area contributed by atoms with Crippen molar-refractivity contribution in [2.24, 2.45) is 0 Å². The summed E-state index contributed by atoms with van der Waals surface area (Å²) in [6.07, 6.45) is 5.88. The standard InChI is InChI=1S/C13H19Cl3Si/c1-2-3-4-8-11-13(17(14,15)16)12-9-6-5-7-10-12/h5-7,9-10,13H,2-4,8,11H2,1H3. The molecule has 1 atom stereocenters. The van der Waals surface area contributed by atoms with Crippen molar-refractivity contribution in [2.75, 3.05) is 0 Å². The summed E-state index contributed by atoms with van der Waals surface area (Å²) in [4.78, 5) is 0. The molecule has 1 aromatic carbocycles. The lowest BCUT2D eigenvalue weighted by atomic mass is 10.1. The Morgan fingerprint density at radius 1 is 1.00 bits per heavy atom. The molecule has 0 spiro atoms. The van der Waals surface area contributed by atoms with Crippen molar-refractivity contribution in [2.45, 2.75) is 44.6 Å². The number of halogens is 3. The summed E-state index contributed by atoms with van der Waals surface area (Å²) in [6.45, 7) is 2.21. The maximum atomic E-state index is 6.22. The summed E-state index contributed by atoms with van der Waals surface area (Å²) < 4.78 is 0. The molecule has 96 valence electrons. The molecule has 0 N–H and O–H groups in total. The topological polar surface area (TPSA) is 0 Å². The van der Waals surface area contributed by atoms with Gasteiger partial charge in [0, 0.05) is 5.54 Å². The Hall–Kier alpha value is 0.307. The van der Waals surface area contributed by atoms with Gasteiger partial charge in [0.1, 0.15) is 0 Å². The van der Waals surface area contributed by atoms with Crippen molar-refractivity contribution < 1.29 is 0 Å². The predicted octanol–water partition coefficient (Wildman–Crippen LogP) is 5.94. The molecule has 0 aromatic heterocycles. The van der Waals surface area contributed by atoms with E-state index in [0.29, 0.717) is 0 Å².